The number of ether oxygens (including phenoxy) is 1. The van der Waals surface area contributed by atoms with Crippen molar-refractivity contribution in [2.45, 2.75) is 39.2 Å². The van der Waals surface area contributed by atoms with Gasteiger partial charge < -0.3 is 14.6 Å². The van der Waals surface area contributed by atoms with Gasteiger partial charge in [-0.25, -0.2) is 9.78 Å². The maximum atomic E-state index is 12.5. The molecule has 1 aromatic heterocycles. The smallest absolute Gasteiger partial charge is 0.410 e. The SMILES string of the molecule is CC(C)(C)OC(=O)N1CCCC(C(=O)Nc2nc3ccccc3[nH]2)C1. The molecule has 1 atom stereocenters. The molecule has 2 heterocycles. The molecule has 1 unspecified atom stereocenters. The number of likely N-dealkylation sites (tertiary alicyclic amines) is 1. The fourth-order valence-corrected chi connectivity index (χ4v) is 2.91. The summed E-state index contributed by atoms with van der Waals surface area (Å²) in [7, 11) is 0. The first-order chi connectivity index (χ1) is 11.8. The van der Waals surface area contributed by atoms with E-state index in [0.29, 0.717) is 19.0 Å². The normalized spacial score (nSPS) is 18.2. The number of hydrogen-bond donors (Lipinski definition) is 2. The average Bonchev–Trinajstić information content (AvgIpc) is 2.95. The highest BCUT2D eigenvalue weighted by Crippen LogP contribution is 2.21. The molecule has 1 aromatic carbocycles. The number of benzene rings is 1. The number of fused-ring (bicyclic) bond motifs is 1. The van der Waals surface area contributed by atoms with Crippen LogP contribution in [0.2, 0.25) is 0 Å². The molecule has 0 saturated carbocycles. The van der Waals surface area contributed by atoms with Crippen LogP contribution in [0.4, 0.5) is 10.7 Å². The Morgan fingerprint density at radius 1 is 1.32 bits per heavy atom. The van der Waals surface area contributed by atoms with Crippen LogP contribution >= 0.6 is 0 Å². The van der Waals surface area contributed by atoms with Gasteiger partial charge in [0.15, 0.2) is 0 Å². The third-order valence-corrected chi connectivity index (χ3v) is 4.07. The van der Waals surface area contributed by atoms with Crippen molar-refractivity contribution < 1.29 is 14.3 Å². The largest absolute Gasteiger partial charge is 0.444 e. The van der Waals surface area contributed by atoms with Crippen molar-refractivity contribution in [2.24, 2.45) is 5.92 Å². The van der Waals surface area contributed by atoms with Gasteiger partial charge >= 0.3 is 6.09 Å². The van der Waals surface area contributed by atoms with Crippen LogP contribution in [0.1, 0.15) is 33.6 Å². The molecular weight excluding hydrogens is 320 g/mol. The van der Waals surface area contributed by atoms with Gasteiger partial charge in [0.05, 0.1) is 17.0 Å². The molecule has 0 aliphatic carbocycles. The number of imidazole rings is 1. The van der Waals surface area contributed by atoms with Crippen molar-refractivity contribution >= 4 is 29.0 Å². The highest BCUT2D eigenvalue weighted by Gasteiger charge is 2.31. The van der Waals surface area contributed by atoms with Crippen LogP contribution in [0.25, 0.3) is 11.0 Å². The second-order valence-electron chi connectivity index (χ2n) is 7.36. The van der Waals surface area contributed by atoms with Crippen molar-refractivity contribution in [1.29, 1.82) is 0 Å². The summed E-state index contributed by atoms with van der Waals surface area (Å²) in [5, 5.41) is 2.82. The van der Waals surface area contributed by atoms with E-state index in [1.54, 1.807) is 4.90 Å². The second-order valence-corrected chi connectivity index (χ2v) is 7.36. The molecule has 0 bridgehead atoms. The summed E-state index contributed by atoms with van der Waals surface area (Å²) < 4.78 is 5.40. The minimum atomic E-state index is -0.541. The topological polar surface area (TPSA) is 87.3 Å². The van der Waals surface area contributed by atoms with E-state index >= 15 is 0 Å². The molecule has 1 fully saturated rings. The summed E-state index contributed by atoms with van der Waals surface area (Å²) in [5.41, 5.74) is 1.13. The Bertz CT molecular complexity index is 745. The number of aromatic nitrogens is 2. The average molecular weight is 344 g/mol. The number of amides is 2. The molecule has 25 heavy (non-hydrogen) atoms. The van der Waals surface area contributed by atoms with Crippen LogP contribution < -0.4 is 5.32 Å². The molecule has 2 aromatic rings. The molecule has 3 rings (SSSR count). The zero-order valence-electron chi connectivity index (χ0n) is 14.8. The van der Waals surface area contributed by atoms with Gasteiger partial charge in [0.2, 0.25) is 11.9 Å². The number of aromatic amines is 1. The lowest BCUT2D eigenvalue weighted by molar-refractivity contribution is -0.121. The first-order valence-corrected chi connectivity index (χ1v) is 8.55. The number of carbonyl (C=O) groups excluding carboxylic acids is 2. The van der Waals surface area contributed by atoms with Gasteiger partial charge in [-0.2, -0.15) is 0 Å². The van der Waals surface area contributed by atoms with Gasteiger partial charge in [-0.05, 0) is 45.7 Å². The van der Waals surface area contributed by atoms with Crippen LogP contribution in [-0.2, 0) is 9.53 Å². The van der Waals surface area contributed by atoms with Gasteiger partial charge in [0, 0.05) is 13.1 Å². The Kier molecular flexibility index (Phi) is 4.65. The zero-order valence-corrected chi connectivity index (χ0v) is 14.8. The fraction of sp³-hybridized carbons (Fsp3) is 0.500. The quantitative estimate of drug-likeness (QED) is 0.876. The highest BCUT2D eigenvalue weighted by atomic mass is 16.6. The fourth-order valence-electron chi connectivity index (χ4n) is 2.91. The van der Waals surface area contributed by atoms with Crippen LogP contribution in [0.5, 0.6) is 0 Å². The van der Waals surface area contributed by atoms with E-state index in [2.05, 4.69) is 15.3 Å². The zero-order chi connectivity index (χ0) is 18.0. The number of para-hydroxylation sites is 2. The van der Waals surface area contributed by atoms with Crippen LogP contribution in [0, 0.1) is 5.92 Å². The lowest BCUT2D eigenvalue weighted by Crippen LogP contribution is -2.45. The second kappa shape index (κ2) is 6.74. The summed E-state index contributed by atoms with van der Waals surface area (Å²) in [4.78, 5) is 33.8. The van der Waals surface area contributed by atoms with Gasteiger partial charge in [-0.3, -0.25) is 10.1 Å². The monoisotopic (exact) mass is 344 g/mol. The van der Waals surface area contributed by atoms with Crippen molar-refractivity contribution in [2.75, 3.05) is 18.4 Å². The molecule has 7 nitrogen and oxygen atoms in total. The van der Waals surface area contributed by atoms with Crippen molar-refractivity contribution in [3.8, 4) is 0 Å². The number of anilines is 1. The predicted molar refractivity (Wildman–Crippen MR) is 95.3 cm³/mol. The van der Waals surface area contributed by atoms with Crippen LogP contribution in [-0.4, -0.2) is 45.6 Å². The van der Waals surface area contributed by atoms with E-state index in [4.69, 9.17) is 4.74 Å². The van der Waals surface area contributed by atoms with E-state index in [-0.39, 0.29) is 17.9 Å². The number of rotatable bonds is 2. The number of carbonyl (C=O) groups is 2. The Morgan fingerprint density at radius 2 is 2.08 bits per heavy atom. The molecule has 0 spiro atoms. The first-order valence-electron chi connectivity index (χ1n) is 8.55. The van der Waals surface area contributed by atoms with Crippen molar-refractivity contribution in [3.63, 3.8) is 0 Å². The maximum absolute atomic E-state index is 12.5. The predicted octanol–water partition coefficient (Wildman–Crippen LogP) is 3.15. The minimum Gasteiger partial charge on any atom is -0.444 e. The van der Waals surface area contributed by atoms with E-state index in [1.165, 1.54) is 0 Å². The summed E-state index contributed by atoms with van der Waals surface area (Å²) in [6.45, 7) is 6.48. The summed E-state index contributed by atoms with van der Waals surface area (Å²) in [6, 6.07) is 7.59. The van der Waals surface area contributed by atoms with Gasteiger partial charge in [0.1, 0.15) is 5.60 Å². The number of nitrogens with zero attached hydrogens (tertiary/aromatic N) is 2. The molecule has 0 radical (unpaired) electrons. The van der Waals surface area contributed by atoms with Gasteiger partial charge in [-0.15, -0.1) is 0 Å². The Balaban J connectivity index is 1.62. The molecule has 134 valence electrons. The number of nitrogens with one attached hydrogen (secondary N) is 2. The molecule has 1 aliphatic heterocycles. The van der Waals surface area contributed by atoms with Crippen LogP contribution in [0.3, 0.4) is 0 Å². The van der Waals surface area contributed by atoms with Crippen molar-refractivity contribution in [1.82, 2.24) is 14.9 Å². The third-order valence-electron chi connectivity index (χ3n) is 4.07. The van der Waals surface area contributed by atoms with E-state index in [1.807, 2.05) is 45.0 Å². The number of H-pyrrole nitrogens is 1. The van der Waals surface area contributed by atoms with Gasteiger partial charge in [-0.1, -0.05) is 12.1 Å². The standard InChI is InChI=1S/C18H24N4O3/c1-18(2,3)25-17(24)22-10-6-7-12(11-22)15(23)21-16-19-13-8-4-5-9-14(13)20-16/h4-5,8-9,12H,6-7,10-11H2,1-3H3,(H2,19,20,21,23). The Labute approximate surface area is 146 Å². The summed E-state index contributed by atoms with van der Waals surface area (Å²) in [5.74, 6) is 0.0300. The van der Waals surface area contributed by atoms with E-state index in [9.17, 15) is 9.59 Å². The lowest BCUT2D eigenvalue weighted by atomic mass is 9.97. The van der Waals surface area contributed by atoms with Crippen LogP contribution in [0.15, 0.2) is 24.3 Å². The van der Waals surface area contributed by atoms with E-state index < -0.39 is 5.60 Å². The Morgan fingerprint density at radius 3 is 2.80 bits per heavy atom. The molecule has 2 N–H and O–H groups in total. The van der Waals surface area contributed by atoms with Crippen molar-refractivity contribution in [3.05, 3.63) is 24.3 Å². The molecule has 1 aliphatic rings. The third kappa shape index (κ3) is 4.29. The number of piperidine rings is 1. The Hall–Kier alpha value is -2.57. The molecular formula is C18H24N4O3. The minimum absolute atomic E-state index is 0.132. The summed E-state index contributed by atoms with van der Waals surface area (Å²) in [6.07, 6.45) is 1.15. The molecule has 1 saturated heterocycles. The molecule has 7 heteroatoms. The number of hydrogen-bond acceptors (Lipinski definition) is 4. The first kappa shape index (κ1) is 17.3. The highest BCUT2D eigenvalue weighted by molar-refractivity contribution is 5.93. The van der Waals surface area contributed by atoms with E-state index in [0.717, 1.165) is 23.9 Å². The maximum Gasteiger partial charge on any atom is 0.410 e. The lowest BCUT2D eigenvalue weighted by Gasteiger charge is -2.33. The van der Waals surface area contributed by atoms with Gasteiger partial charge in [0.25, 0.3) is 0 Å². The molecule has 2 amide bonds. The summed E-state index contributed by atoms with van der Waals surface area (Å²) >= 11 is 0.